The van der Waals surface area contributed by atoms with Crippen LogP contribution in [-0.4, -0.2) is 51.7 Å². The van der Waals surface area contributed by atoms with Gasteiger partial charge in [-0.15, -0.1) is 0 Å². The number of amides is 1. The molecule has 1 aliphatic rings. The summed E-state index contributed by atoms with van der Waals surface area (Å²) in [6.07, 6.45) is 1.24. The monoisotopic (exact) mass is 298 g/mol. The molecule has 1 heterocycles. The summed E-state index contributed by atoms with van der Waals surface area (Å²) in [6, 6.07) is 6.61. The van der Waals surface area contributed by atoms with Crippen molar-refractivity contribution in [2.24, 2.45) is 0 Å². The van der Waals surface area contributed by atoms with Gasteiger partial charge >= 0.3 is 10.1 Å². The first-order chi connectivity index (χ1) is 9.44. The Labute approximate surface area is 118 Å². The molecule has 0 atom stereocenters. The zero-order valence-electron chi connectivity index (χ0n) is 11.3. The number of hydrogen-bond donors (Lipinski definition) is 1. The van der Waals surface area contributed by atoms with Crippen LogP contribution in [0, 0.1) is 0 Å². The van der Waals surface area contributed by atoms with Gasteiger partial charge in [-0.1, -0.05) is 12.1 Å². The van der Waals surface area contributed by atoms with Crippen LogP contribution >= 0.6 is 0 Å². The highest BCUT2D eigenvalue weighted by molar-refractivity contribution is 7.86. The van der Waals surface area contributed by atoms with E-state index in [9.17, 15) is 13.2 Å². The maximum absolute atomic E-state index is 12.1. The van der Waals surface area contributed by atoms with Crippen molar-refractivity contribution in [2.45, 2.75) is 6.42 Å². The van der Waals surface area contributed by atoms with Crippen LogP contribution in [0.15, 0.2) is 24.3 Å². The Morgan fingerprint density at radius 3 is 2.70 bits per heavy atom. The number of piperazine rings is 1. The first-order valence-corrected chi connectivity index (χ1v) is 8.22. The van der Waals surface area contributed by atoms with Crippen LogP contribution in [0.5, 0.6) is 5.75 Å². The second-order valence-corrected chi connectivity index (χ2v) is 6.32. The molecule has 1 amide bonds. The summed E-state index contributed by atoms with van der Waals surface area (Å²) in [5.74, 6) is 0.279. The molecule has 1 aromatic rings. The van der Waals surface area contributed by atoms with Gasteiger partial charge in [-0.3, -0.25) is 4.79 Å². The molecular formula is C13H18N2O4S. The van der Waals surface area contributed by atoms with Crippen molar-refractivity contribution in [1.29, 1.82) is 0 Å². The topological polar surface area (TPSA) is 75.7 Å². The lowest BCUT2D eigenvalue weighted by atomic mass is 10.1. The van der Waals surface area contributed by atoms with Crippen molar-refractivity contribution in [3.05, 3.63) is 29.8 Å². The van der Waals surface area contributed by atoms with E-state index in [1.807, 2.05) is 0 Å². The maximum Gasteiger partial charge on any atom is 0.306 e. The molecule has 0 spiro atoms. The van der Waals surface area contributed by atoms with Gasteiger partial charge in [-0.25, -0.2) is 0 Å². The van der Waals surface area contributed by atoms with E-state index >= 15 is 0 Å². The molecule has 7 heteroatoms. The number of nitrogens with zero attached hydrogens (tertiary/aromatic N) is 1. The van der Waals surface area contributed by atoms with Crippen LogP contribution < -0.4 is 9.50 Å². The summed E-state index contributed by atoms with van der Waals surface area (Å²) in [6.45, 7) is 3.03. The molecule has 6 nitrogen and oxygen atoms in total. The van der Waals surface area contributed by atoms with Gasteiger partial charge in [0.05, 0.1) is 12.7 Å². The van der Waals surface area contributed by atoms with Crippen LogP contribution in [-0.2, 0) is 21.3 Å². The first-order valence-electron chi connectivity index (χ1n) is 6.41. The van der Waals surface area contributed by atoms with Crippen LogP contribution in [0.4, 0.5) is 0 Å². The molecule has 0 aliphatic carbocycles. The molecule has 1 aliphatic heterocycles. The highest BCUT2D eigenvalue weighted by atomic mass is 32.2. The SMILES string of the molecule is CS(=O)(=O)Oc1cccc(CC(=O)N2CCNCC2)c1. The van der Waals surface area contributed by atoms with Gasteiger partial charge in [0.15, 0.2) is 0 Å². The molecule has 0 unspecified atom stereocenters. The van der Waals surface area contributed by atoms with Gasteiger partial charge in [0.25, 0.3) is 0 Å². The predicted molar refractivity (Wildman–Crippen MR) is 75.1 cm³/mol. The highest BCUT2D eigenvalue weighted by Crippen LogP contribution is 2.16. The second-order valence-electron chi connectivity index (χ2n) is 4.74. The zero-order chi connectivity index (χ0) is 14.6. The lowest BCUT2D eigenvalue weighted by molar-refractivity contribution is -0.131. The average molecular weight is 298 g/mol. The predicted octanol–water partition coefficient (Wildman–Crippen LogP) is -0.000700. The van der Waals surface area contributed by atoms with E-state index in [-0.39, 0.29) is 18.1 Å². The minimum absolute atomic E-state index is 0.0444. The van der Waals surface area contributed by atoms with Gasteiger partial charge in [-0.05, 0) is 17.7 Å². The average Bonchev–Trinajstić information content (AvgIpc) is 2.38. The summed E-state index contributed by atoms with van der Waals surface area (Å²) >= 11 is 0. The van der Waals surface area contributed by atoms with Crippen molar-refractivity contribution in [3.8, 4) is 5.75 Å². The number of rotatable bonds is 4. The van der Waals surface area contributed by atoms with Gasteiger partial charge in [0.1, 0.15) is 5.75 Å². The van der Waals surface area contributed by atoms with E-state index in [1.165, 1.54) is 0 Å². The zero-order valence-corrected chi connectivity index (χ0v) is 12.1. The molecule has 1 saturated heterocycles. The first kappa shape index (κ1) is 14.8. The third kappa shape index (κ3) is 4.50. The molecule has 1 fully saturated rings. The van der Waals surface area contributed by atoms with Gasteiger partial charge in [0.2, 0.25) is 5.91 Å². The quantitative estimate of drug-likeness (QED) is 0.792. The van der Waals surface area contributed by atoms with E-state index in [4.69, 9.17) is 4.18 Å². The minimum atomic E-state index is -3.55. The van der Waals surface area contributed by atoms with E-state index < -0.39 is 10.1 Å². The molecule has 1 N–H and O–H groups in total. The summed E-state index contributed by atoms with van der Waals surface area (Å²) in [5, 5.41) is 3.19. The summed E-state index contributed by atoms with van der Waals surface area (Å²) in [4.78, 5) is 13.9. The van der Waals surface area contributed by atoms with Gasteiger partial charge in [-0.2, -0.15) is 8.42 Å². The molecule has 0 bridgehead atoms. The second kappa shape index (κ2) is 6.23. The third-order valence-electron chi connectivity index (χ3n) is 2.97. The van der Waals surface area contributed by atoms with Crippen molar-refractivity contribution in [3.63, 3.8) is 0 Å². The third-order valence-corrected chi connectivity index (χ3v) is 3.47. The Morgan fingerprint density at radius 2 is 2.05 bits per heavy atom. The summed E-state index contributed by atoms with van der Waals surface area (Å²) in [7, 11) is -3.55. The lowest BCUT2D eigenvalue weighted by Crippen LogP contribution is -2.46. The lowest BCUT2D eigenvalue weighted by Gasteiger charge is -2.27. The Morgan fingerprint density at radius 1 is 1.35 bits per heavy atom. The molecule has 20 heavy (non-hydrogen) atoms. The highest BCUT2D eigenvalue weighted by Gasteiger charge is 2.16. The Balaban J connectivity index is 2.02. The molecular weight excluding hydrogens is 280 g/mol. The van der Waals surface area contributed by atoms with Crippen LogP contribution in [0.1, 0.15) is 5.56 Å². The molecule has 0 saturated carbocycles. The Kier molecular flexibility index (Phi) is 4.61. The van der Waals surface area contributed by atoms with Gasteiger partial charge < -0.3 is 14.4 Å². The fraction of sp³-hybridized carbons (Fsp3) is 0.462. The molecule has 2 rings (SSSR count). The number of nitrogens with one attached hydrogen (secondary N) is 1. The van der Waals surface area contributed by atoms with Crippen LogP contribution in [0.3, 0.4) is 0 Å². The molecule has 0 aromatic heterocycles. The fourth-order valence-corrected chi connectivity index (χ4v) is 2.54. The summed E-state index contributed by atoms with van der Waals surface area (Å²) in [5.41, 5.74) is 0.745. The number of hydrogen-bond acceptors (Lipinski definition) is 5. The normalized spacial score (nSPS) is 15.9. The van der Waals surface area contributed by atoms with Crippen molar-refractivity contribution >= 4 is 16.0 Å². The van der Waals surface area contributed by atoms with Gasteiger partial charge in [0, 0.05) is 26.2 Å². The van der Waals surface area contributed by atoms with E-state index in [2.05, 4.69) is 5.32 Å². The van der Waals surface area contributed by atoms with Crippen molar-refractivity contribution in [1.82, 2.24) is 10.2 Å². The van der Waals surface area contributed by atoms with Crippen molar-refractivity contribution in [2.75, 3.05) is 32.4 Å². The van der Waals surface area contributed by atoms with Crippen LogP contribution in [0.2, 0.25) is 0 Å². The number of benzene rings is 1. The van der Waals surface area contributed by atoms with E-state index in [1.54, 1.807) is 29.2 Å². The molecule has 110 valence electrons. The van der Waals surface area contributed by atoms with Crippen LogP contribution in [0.25, 0.3) is 0 Å². The molecule has 1 aromatic carbocycles. The Bertz CT molecular complexity index is 580. The summed E-state index contributed by atoms with van der Waals surface area (Å²) < 4.78 is 27.0. The Hall–Kier alpha value is -1.60. The maximum atomic E-state index is 12.1. The van der Waals surface area contributed by atoms with Crippen molar-refractivity contribution < 1.29 is 17.4 Å². The molecule has 0 radical (unpaired) electrons. The van der Waals surface area contributed by atoms with E-state index in [0.29, 0.717) is 13.1 Å². The largest absolute Gasteiger partial charge is 0.383 e. The number of carbonyl (C=O) groups is 1. The fourth-order valence-electron chi connectivity index (χ4n) is 2.08. The minimum Gasteiger partial charge on any atom is -0.383 e. The smallest absolute Gasteiger partial charge is 0.306 e. The standard InChI is InChI=1S/C13H18N2O4S/c1-20(17,18)19-12-4-2-3-11(9-12)10-13(16)15-7-5-14-6-8-15/h2-4,9,14H,5-8,10H2,1H3. The number of carbonyl (C=O) groups excluding carboxylic acids is 1. The van der Waals surface area contributed by atoms with E-state index in [0.717, 1.165) is 24.9 Å².